The molecule has 3 heterocycles. The minimum absolute atomic E-state index is 0.235. The van der Waals surface area contributed by atoms with Crippen LogP contribution in [0.4, 0.5) is 5.69 Å². The van der Waals surface area contributed by atoms with Crippen molar-refractivity contribution in [1.29, 1.82) is 0 Å². The summed E-state index contributed by atoms with van der Waals surface area (Å²) in [5.41, 5.74) is 6.25. The van der Waals surface area contributed by atoms with Gasteiger partial charge >= 0.3 is 0 Å². The number of piperidine rings is 1. The van der Waals surface area contributed by atoms with Gasteiger partial charge in [-0.05, 0) is 74.3 Å². The number of benzene rings is 2. The molecule has 30 heavy (non-hydrogen) atoms. The molecule has 2 aliphatic rings. The maximum Gasteiger partial charge on any atom is 0.119 e. The number of hydrogen-bond acceptors (Lipinski definition) is 4. The molecule has 1 saturated heterocycles. The monoisotopic (exact) mass is 422 g/mol. The lowest BCUT2D eigenvalue weighted by atomic mass is 9.74. The molecule has 5 rings (SSSR count). The topological polar surface area (TPSA) is 53.2 Å². The van der Waals surface area contributed by atoms with Crippen molar-refractivity contribution in [3.8, 4) is 16.9 Å². The molecule has 156 valence electrons. The Hall–Kier alpha value is -2.50. The molecule has 0 saturated carbocycles. The van der Waals surface area contributed by atoms with Gasteiger partial charge in [-0.1, -0.05) is 23.7 Å². The van der Waals surface area contributed by atoms with Gasteiger partial charge in [0.25, 0.3) is 0 Å². The Morgan fingerprint density at radius 1 is 1.13 bits per heavy atom. The van der Waals surface area contributed by atoms with Crippen LogP contribution < -0.4 is 10.1 Å². The fourth-order valence-electron chi connectivity index (χ4n) is 4.78. The van der Waals surface area contributed by atoms with Crippen LogP contribution in [0, 0.1) is 6.92 Å². The highest BCUT2D eigenvalue weighted by atomic mass is 35.5. The Kier molecular flexibility index (Phi) is 5.17. The Labute approximate surface area is 182 Å². The van der Waals surface area contributed by atoms with Gasteiger partial charge in [-0.15, -0.1) is 0 Å². The minimum atomic E-state index is 0.235. The molecule has 0 radical (unpaired) electrons. The normalized spacial score (nSPS) is 17.7. The summed E-state index contributed by atoms with van der Waals surface area (Å²) in [5, 5.41) is 11.5. The number of ether oxygens (including phenoxy) is 1. The largest absolute Gasteiger partial charge is 0.492 e. The summed E-state index contributed by atoms with van der Waals surface area (Å²) in [6.07, 6.45) is 4.18. The van der Waals surface area contributed by atoms with Crippen molar-refractivity contribution in [3.63, 3.8) is 0 Å². The minimum Gasteiger partial charge on any atom is -0.492 e. The molecule has 2 aliphatic heterocycles. The number of nitrogens with one attached hydrogen (secondary N) is 2. The van der Waals surface area contributed by atoms with E-state index in [0.717, 1.165) is 66.6 Å². The molecular weight excluding hydrogens is 396 g/mol. The number of aryl methyl sites for hydroxylation is 1. The smallest absolute Gasteiger partial charge is 0.119 e. The predicted octanol–water partition coefficient (Wildman–Crippen LogP) is 4.88. The molecule has 0 aliphatic carbocycles. The first-order chi connectivity index (χ1) is 14.6. The second-order valence-electron chi connectivity index (χ2n) is 8.45. The number of anilines is 1. The summed E-state index contributed by atoms with van der Waals surface area (Å²) in [5.74, 6) is 0.914. The Balaban J connectivity index is 1.13. The van der Waals surface area contributed by atoms with Gasteiger partial charge < -0.3 is 10.1 Å². The van der Waals surface area contributed by atoms with Crippen molar-refractivity contribution in [1.82, 2.24) is 15.1 Å². The summed E-state index contributed by atoms with van der Waals surface area (Å²) in [4.78, 5) is 2.51. The van der Waals surface area contributed by atoms with Gasteiger partial charge in [0.05, 0.1) is 6.20 Å². The quantitative estimate of drug-likeness (QED) is 0.615. The number of hydrogen-bond donors (Lipinski definition) is 2. The van der Waals surface area contributed by atoms with E-state index >= 15 is 0 Å². The lowest BCUT2D eigenvalue weighted by Gasteiger charge is -2.39. The van der Waals surface area contributed by atoms with Crippen LogP contribution in [-0.2, 0) is 5.41 Å². The number of likely N-dealkylation sites (tertiary alicyclic amines) is 1. The third-order valence-electron chi connectivity index (χ3n) is 6.65. The van der Waals surface area contributed by atoms with Crippen LogP contribution in [0.25, 0.3) is 11.1 Å². The van der Waals surface area contributed by atoms with Crippen molar-refractivity contribution in [2.45, 2.75) is 25.2 Å². The number of aromatic nitrogens is 2. The van der Waals surface area contributed by atoms with E-state index in [2.05, 4.69) is 44.7 Å². The number of halogens is 1. The molecule has 1 fully saturated rings. The molecule has 2 aromatic carbocycles. The first kappa shape index (κ1) is 19.5. The highest BCUT2D eigenvalue weighted by Crippen LogP contribution is 2.44. The van der Waals surface area contributed by atoms with Crippen molar-refractivity contribution in [2.75, 3.05) is 38.1 Å². The fourth-order valence-corrected chi connectivity index (χ4v) is 4.96. The van der Waals surface area contributed by atoms with E-state index in [1.165, 1.54) is 11.3 Å². The van der Waals surface area contributed by atoms with Crippen LogP contribution in [-0.4, -0.2) is 47.9 Å². The van der Waals surface area contributed by atoms with E-state index in [-0.39, 0.29) is 5.41 Å². The van der Waals surface area contributed by atoms with Gasteiger partial charge in [0.15, 0.2) is 0 Å². The van der Waals surface area contributed by atoms with Crippen LogP contribution in [0.2, 0.25) is 5.02 Å². The summed E-state index contributed by atoms with van der Waals surface area (Å²) in [7, 11) is 0. The molecule has 3 aromatic rings. The van der Waals surface area contributed by atoms with Gasteiger partial charge in [-0.3, -0.25) is 10.00 Å². The number of nitrogens with zero attached hydrogens (tertiary/aromatic N) is 2. The van der Waals surface area contributed by atoms with E-state index in [0.29, 0.717) is 6.61 Å². The molecule has 2 N–H and O–H groups in total. The van der Waals surface area contributed by atoms with Crippen molar-refractivity contribution < 1.29 is 4.74 Å². The molecule has 0 unspecified atom stereocenters. The van der Waals surface area contributed by atoms with E-state index in [9.17, 15) is 0 Å². The van der Waals surface area contributed by atoms with E-state index < -0.39 is 0 Å². The zero-order chi connectivity index (χ0) is 20.6. The average molecular weight is 423 g/mol. The van der Waals surface area contributed by atoms with Crippen molar-refractivity contribution in [2.24, 2.45) is 0 Å². The van der Waals surface area contributed by atoms with E-state index in [4.69, 9.17) is 16.3 Å². The highest BCUT2D eigenvalue weighted by molar-refractivity contribution is 6.30. The van der Waals surface area contributed by atoms with Crippen LogP contribution in [0.5, 0.6) is 5.75 Å². The highest BCUT2D eigenvalue weighted by Gasteiger charge is 2.41. The zero-order valence-electron chi connectivity index (χ0n) is 17.2. The predicted molar refractivity (Wildman–Crippen MR) is 122 cm³/mol. The zero-order valence-corrected chi connectivity index (χ0v) is 18.0. The first-order valence-electron chi connectivity index (χ1n) is 10.6. The molecule has 1 spiro atoms. The number of fused-ring (bicyclic) bond motifs is 2. The number of aromatic amines is 1. The van der Waals surface area contributed by atoms with Gasteiger partial charge in [-0.2, -0.15) is 5.10 Å². The Morgan fingerprint density at radius 3 is 2.67 bits per heavy atom. The third-order valence-corrected chi connectivity index (χ3v) is 6.89. The van der Waals surface area contributed by atoms with Gasteiger partial charge in [0.2, 0.25) is 0 Å². The lowest BCUT2D eigenvalue weighted by Crippen LogP contribution is -2.44. The first-order valence-corrected chi connectivity index (χ1v) is 11.0. The maximum absolute atomic E-state index is 6.27. The Bertz CT molecular complexity index is 1020. The standard InChI is InChI=1S/C24H27ClN4O/c1-17-21(15-27-28-17)18-2-5-20(6-3-18)30-13-12-29-10-8-24(9-11-29)16-26-23-7-4-19(25)14-22(23)24/h2-7,14-15,26H,8-13,16H2,1H3,(H,27,28). The van der Waals surface area contributed by atoms with Crippen LogP contribution in [0.1, 0.15) is 24.1 Å². The summed E-state index contributed by atoms with van der Waals surface area (Å²) in [6, 6.07) is 14.5. The maximum atomic E-state index is 6.27. The summed E-state index contributed by atoms with van der Waals surface area (Å²) < 4.78 is 6.01. The number of rotatable bonds is 5. The van der Waals surface area contributed by atoms with Crippen LogP contribution in [0.3, 0.4) is 0 Å². The number of H-pyrrole nitrogens is 1. The van der Waals surface area contributed by atoms with Crippen molar-refractivity contribution in [3.05, 3.63) is 64.9 Å². The van der Waals surface area contributed by atoms with E-state index in [1.807, 2.05) is 31.3 Å². The molecule has 0 amide bonds. The molecule has 0 bridgehead atoms. The molecule has 1 aromatic heterocycles. The Morgan fingerprint density at radius 2 is 1.93 bits per heavy atom. The van der Waals surface area contributed by atoms with Gasteiger partial charge in [0.1, 0.15) is 12.4 Å². The lowest BCUT2D eigenvalue weighted by molar-refractivity contribution is 0.144. The van der Waals surface area contributed by atoms with Gasteiger partial charge in [-0.25, -0.2) is 0 Å². The molecule has 5 nitrogen and oxygen atoms in total. The van der Waals surface area contributed by atoms with E-state index in [1.54, 1.807) is 0 Å². The average Bonchev–Trinajstić information content (AvgIpc) is 3.34. The summed E-state index contributed by atoms with van der Waals surface area (Å²) in [6.45, 7) is 6.90. The second-order valence-corrected chi connectivity index (χ2v) is 8.88. The molecule has 0 atom stereocenters. The molecular formula is C24H27ClN4O. The second kappa shape index (κ2) is 7.97. The van der Waals surface area contributed by atoms with Crippen LogP contribution >= 0.6 is 11.6 Å². The fraction of sp³-hybridized carbons (Fsp3) is 0.375. The SMILES string of the molecule is Cc1[nH]ncc1-c1ccc(OCCN2CCC3(CC2)CNc2ccc(Cl)cc23)cc1. The van der Waals surface area contributed by atoms with Crippen LogP contribution in [0.15, 0.2) is 48.7 Å². The molecule has 6 heteroatoms. The van der Waals surface area contributed by atoms with Gasteiger partial charge in [0, 0.05) is 40.5 Å². The van der Waals surface area contributed by atoms with Crippen molar-refractivity contribution >= 4 is 17.3 Å². The summed E-state index contributed by atoms with van der Waals surface area (Å²) >= 11 is 6.27. The third kappa shape index (κ3) is 3.68.